The molecule has 0 heterocycles. The smallest absolute Gasteiger partial charge is 0.326 e. The molecule has 0 saturated heterocycles. The Morgan fingerprint density at radius 1 is 1.40 bits per heavy atom. The number of hydrogen-bond acceptors (Lipinski definition) is 3. The summed E-state index contributed by atoms with van der Waals surface area (Å²) in [6, 6.07) is -1.46. The van der Waals surface area contributed by atoms with Crippen molar-refractivity contribution >= 4 is 11.9 Å². The summed E-state index contributed by atoms with van der Waals surface area (Å²) in [5.74, 6) is -1.20. The highest BCUT2D eigenvalue weighted by atomic mass is 16.4. The summed E-state index contributed by atoms with van der Waals surface area (Å²) in [6.07, 6.45) is 0.914. The van der Waals surface area contributed by atoms with Gasteiger partial charge >= 0.3 is 5.97 Å². The molecule has 0 rings (SSSR count). The van der Waals surface area contributed by atoms with E-state index in [1.807, 2.05) is 13.8 Å². The van der Waals surface area contributed by atoms with Crippen molar-refractivity contribution in [1.82, 2.24) is 5.32 Å². The van der Waals surface area contributed by atoms with Crippen LogP contribution < -0.4 is 11.1 Å². The average Bonchev–Trinajstić information content (AvgIpc) is 2.14. The predicted molar refractivity (Wildman–Crippen MR) is 57.3 cm³/mol. The summed E-state index contributed by atoms with van der Waals surface area (Å²) >= 11 is 0. The Hall–Kier alpha value is -1.10. The minimum Gasteiger partial charge on any atom is -0.480 e. The van der Waals surface area contributed by atoms with Gasteiger partial charge in [0.05, 0.1) is 6.04 Å². The summed E-state index contributed by atoms with van der Waals surface area (Å²) in [5.41, 5.74) is 5.49. The highest BCUT2D eigenvalue weighted by Crippen LogP contribution is 2.05. The van der Waals surface area contributed by atoms with Gasteiger partial charge in [0, 0.05) is 0 Å². The largest absolute Gasteiger partial charge is 0.480 e. The maximum atomic E-state index is 11.4. The Bertz CT molecular complexity index is 229. The lowest BCUT2D eigenvalue weighted by molar-refractivity contribution is -0.142. The Morgan fingerprint density at radius 3 is 2.27 bits per heavy atom. The molecule has 0 aliphatic carbocycles. The van der Waals surface area contributed by atoms with Gasteiger partial charge in [-0.15, -0.1) is 0 Å². The zero-order valence-electron chi connectivity index (χ0n) is 9.49. The van der Waals surface area contributed by atoms with Gasteiger partial charge in [-0.25, -0.2) is 4.79 Å². The van der Waals surface area contributed by atoms with Gasteiger partial charge in [0.15, 0.2) is 0 Å². The number of nitrogens with one attached hydrogen (secondary N) is 1. The van der Waals surface area contributed by atoms with E-state index in [1.54, 1.807) is 6.92 Å². The standard InChI is InChI=1S/C10H20N2O3/c1-4-7(11)9(13)12-8(10(14)15)5-6(2)3/h6-8H,4-5,11H2,1-3H3,(H,12,13)(H,14,15)/t7-,8+/m1/s1. The molecule has 4 N–H and O–H groups in total. The van der Waals surface area contributed by atoms with Crippen molar-refractivity contribution in [2.75, 3.05) is 0 Å². The van der Waals surface area contributed by atoms with Gasteiger partial charge in [0.1, 0.15) is 6.04 Å². The number of aliphatic carboxylic acids is 1. The average molecular weight is 216 g/mol. The molecule has 5 heteroatoms. The molecule has 0 aromatic carbocycles. The lowest BCUT2D eigenvalue weighted by Crippen LogP contribution is -2.48. The number of carbonyl (C=O) groups is 2. The Kier molecular flexibility index (Phi) is 5.93. The number of rotatable bonds is 6. The third-order valence-corrected chi connectivity index (χ3v) is 2.10. The molecule has 5 nitrogen and oxygen atoms in total. The lowest BCUT2D eigenvalue weighted by Gasteiger charge is -2.18. The predicted octanol–water partition coefficient (Wildman–Crippen LogP) is 0.339. The molecular weight excluding hydrogens is 196 g/mol. The number of amides is 1. The normalized spacial score (nSPS) is 14.7. The van der Waals surface area contributed by atoms with Crippen molar-refractivity contribution in [1.29, 1.82) is 0 Å². The number of hydrogen-bond donors (Lipinski definition) is 3. The van der Waals surface area contributed by atoms with E-state index in [-0.39, 0.29) is 5.92 Å². The second kappa shape index (κ2) is 6.40. The van der Waals surface area contributed by atoms with Crippen LogP contribution in [0.2, 0.25) is 0 Å². The van der Waals surface area contributed by atoms with Crippen LogP contribution in [0.15, 0.2) is 0 Å². The Labute approximate surface area is 90.0 Å². The molecule has 0 saturated carbocycles. The van der Waals surface area contributed by atoms with Gasteiger partial charge in [-0.3, -0.25) is 4.79 Å². The molecule has 0 aromatic rings. The van der Waals surface area contributed by atoms with Crippen molar-refractivity contribution in [2.45, 2.75) is 45.7 Å². The second-order valence-corrected chi connectivity index (χ2v) is 4.04. The minimum atomic E-state index is -1.01. The van der Waals surface area contributed by atoms with Crippen LogP contribution in [0, 0.1) is 5.92 Å². The van der Waals surface area contributed by atoms with Gasteiger partial charge in [0.25, 0.3) is 0 Å². The summed E-state index contributed by atoms with van der Waals surface area (Å²) in [6.45, 7) is 5.59. The molecular formula is C10H20N2O3. The molecule has 0 aliphatic rings. The van der Waals surface area contributed by atoms with Crippen LogP contribution in [0.1, 0.15) is 33.6 Å². The van der Waals surface area contributed by atoms with Crippen LogP contribution in [-0.4, -0.2) is 29.1 Å². The van der Waals surface area contributed by atoms with Crippen molar-refractivity contribution in [3.63, 3.8) is 0 Å². The van der Waals surface area contributed by atoms with Crippen LogP contribution in [0.5, 0.6) is 0 Å². The minimum absolute atomic E-state index is 0.212. The fourth-order valence-electron chi connectivity index (χ4n) is 1.16. The quantitative estimate of drug-likeness (QED) is 0.597. The summed E-state index contributed by atoms with van der Waals surface area (Å²) in [5, 5.41) is 11.3. The van der Waals surface area contributed by atoms with E-state index in [0.717, 1.165) is 0 Å². The van der Waals surface area contributed by atoms with Gasteiger partial charge in [0.2, 0.25) is 5.91 Å². The van der Waals surface area contributed by atoms with Crippen molar-refractivity contribution in [3.8, 4) is 0 Å². The Morgan fingerprint density at radius 2 is 1.93 bits per heavy atom. The molecule has 0 unspecified atom stereocenters. The molecule has 0 aromatic heterocycles. The van der Waals surface area contributed by atoms with Crippen molar-refractivity contribution in [3.05, 3.63) is 0 Å². The van der Waals surface area contributed by atoms with Gasteiger partial charge < -0.3 is 16.2 Å². The number of carboxylic acids is 1. The van der Waals surface area contributed by atoms with E-state index in [1.165, 1.54) is 0 Å². The van der Waals surface area contributed by atoms with E-state index in [2.05, 4.69) is 5.32 Å². The van der Waals surface area contributed by atoms with Crippen LogP contribution in [-0.2, 0) is 9.59 Å². The summed E-state index contributed by atoms with van der Waals surface area (Å²) in [7, 11) is 0. The van der Waals surface area contributed by atoms with E-state index < -0.39 is 24.0 Å². The van der Waals surface area contributed by atoms with Crippen LogP contribution in [0.4, 0.5) is 0 Å². The number of carboxylic acid groups (broad SMARTS) is 1. The first-order valence-corrected chi connectivity index (χ1v) is 5.17. The summed E-state index contributed by atoms with van der Waals surface area (Å²) in [4.78, 5) is 22.2. The molecule has 0 radical (unpaired) electrons. The fraction of sp³-hybridized carbons (Fsp3) is 0.800. The third kappa shape index (κ3) is 5.37. The fourth-order valence-corrected chi connectivity index (χ4v) is 1.16. The zero-order chi connectivity index (χ0) is 12.0. The number of nitrogens with two attached hydrogens (primary N) is 1. The first-order valence-electron chi connectivity index (χ1n) is 5.17. The molecule has 0 fully saturated rings. The summed E-state index contributed by atoms with van der Waals surface area (Å²) < 4.78 is 0. The molecule has 2 atom stereocenters. The highest BCUT2D eigenvalue weighted by molar-refractivity contribution is 5.86. The van der Waals surface area contributed by atoms with E-state index in [0.29, 0.717) is 12.8 Å². The van der Waals surface area contributed by atoms with E-state index in [4.69, 9.17) is 10.8 Å². The molecule has 88 valence electrons. The molecule has 15 heavy (non-hydrogen) atoms. The third-order valence-electron chi connectivity index (χ3n) is 2.10. The monoisotopic (exact) mass is 216 g/mol. The van der Waals surface area contributed by atoms with Crippen molar-refractivity contribution in [2.24, 2.45) is 11.7 Å². The van der Waals surface area contributed by atoms with Crippen LogP contribution in [0.25, 0.3) is 0 Å². The molecule has 0 bridgehead atoms. The van der Waals surface area contributed by atoms with E-state index >= 15 is 0 Å². The molecule has 1 amide bonds. The maximum absolute atomic E-state index is 11.4. The first kappa shape index (κ1) is 13.9. The number of carbonyl (C=O) groups excluding carboxylic acids is 1. The Balaban J connectivity index is 4.29. The maximum Gasteiger partial charge on any atom is 0.326 e. The van der Waals surface area contributed by atoms with Crippen LogP contribution in [0.3, 0.4) is 0 Å². The van der Waals surface area contributed by atoms with E-state index in [9.17, 15) is 9.59 Å². The molecule has 0 aliphatic heterocycles. The second-order valence-electron chi connectivity index (χ2n) is 4.04. The van der Waals surface area contributed by atoms with Gasteiger partial charge in [-0.1, -0.05) is 20.8 Å². The van der Waals surface area contributed by atoms with Crippen LogP contribution >= 0.6 is 0 Å². The van der Waals surface area contributed by atoms with Gasteiger partial charge in [-0.2, -0.15) is 0 Å². The topological polar surface area (TPSA) is 92.4 Å². The zero-order valence-corrected chi connectivity index (χ0v) is 9.49. The first-order chi connectivity index (χ1) is 6.88. The molecule has 0 spiro atoms. The highest BCUT2D eigenvalue weighted by Gasteiger charge is 2.23. The van der Waals surface area contributed by atoms with Gasteiger partial charge in [-0.05, 0) is 18.8 Å². The SMILES string of the molecule is CC[C@@H](N)C(=O)N[C@@H](CC(C)C)C(=O)O. The lowest BCUT2D eigenvalue weighted by atomic mass is 10.0. The van der Waals surface area contributed by atoms with Crippen molar-refractivity contribution < 1.29 is 14.7 Å².